The van der Waals surface area contributed by atoms with Gasteiger partial charge in [-0.2, -0.15) is 0 Å². The van der Waals surface area contributed by atoms with Crippen molar-refractivity contribution in [2.45, 2.75) is 19.9 Å². The van der Waals surface area contributed by atoms with Crippen LogP contribution in [-0.4, -0.2) is 16.5 Å². The summed E-state index contributed by atoms with van der Waals surface area (Å²) >= 11 is 0. The van der Waals surface area contributed by atoms with Crippen LogP contribution in [0.3, 0.4) is 0 Å². The van der Waals surface area contributed by atoms with Crippen LogP contribution in [0, 0.1) is 6.92 Å². The van der Waals surface area contributed by atoms with Crippen LogP contribution in [0.4, 0.5) is 0 Å². The van der Waals surface area contributed by atoms with Crippen LogP contribution in [0.2, 0.25) is 0 Å². The predicted molar refractivity (Wildman–Crippen MR) is 67.6 cm³/mol. The van der Waals surface area contributed by atoms with Crippen LogP contribution in [0.1, 0.15) is 16.8 Å². The van der Waals surface area contributed by atoms with Crippen LogP contribution >= 0.6 is 0 Å². The first-order valence-electron chi connectivity index (χ1n) is 5.95. The molecule has 0 aliphatic carbocycles. The van der Waals surface area contributed by atoms with Crippen molar-refractivity contribution in [3.05, 3.63) is 47.4 Å². The molecule has 1 N–H and O–H groups in total. The molecule has 3 nitrogen and oxygen atoms in total. The summed E-state index contributed by atoms with van der Waals surface area (Å²) in [7, 11) is 0. The van der Waals surface area contributed by atoms with Gasteiger partial charge in [0.1, 0.15) is 6.33 Å². The van der Waals surface area contributed by atoms with E-state index in [0.717, 1.165) is 30.9 Å². The third kappa shape index (κ3) is 1.94. The summed E-state index contributed by atoms with van der Waals surface area (Å²) in [4.78, 5) is 8.82. The van der Waals surface area contributed by atoms with E-state index in [0.29, 0.717) is 0 Å². The minimum absolute atomic E-state index is 0.858. The lowest BCUT2D eigenvalue weighted by molar-refractivity contribution is 0.624. The standard InChI is InChI=1S/C14H15N3/c1-10-3-2-4-11(7-10)14-12-5-6-15-8-13(12)16-9-17-14/h2-4,7,9,15H,5-6,8H2,1H3. The Morgan fingerprint density at radius 2 is 2.18 bits per heavy atom. The van der Waals surface area contributed by atoms with Gasteiger partial charge in [-0.1, -0.05) is 23.8 Å². The maximum atomic E-state index is 4.46. The van der Waals surface area contributed by atoms with Gasteiger partial charge in [-0.15, -0.1) is 0 Å². The van der Waals surface area contributed by atoms with Gasteiger partial charge >= 0.3 is 0 Å². The van der Waals surface area contributed by atoms with E-state index in [1.54, 1.807) is 6.33 Å². The van der Waals surface area contributed by atoms with Crippen LogP contribution in [-0.2, 0) is 13.0 Å². The second kappa shape index (κ2) is 4.26. The monoisotopic (exact) mass is 225 g/mol. The van der Waals surface area contributed by atoms with Crippen molar-refractivity contribution in [2.24, 2.45) is 0 Å². The van der Waals surface area contributed by atoms with E-state index in [1.807, 2.05) is 0 Å². The smallest absolute Gasteiger partial charge is 0.116 e. The highest BCUT2D eigenvalue weighted by Gasteiger charge is 2.15. The molecule has 1 aromatic carbocycles. The molecule has 3 rings (SSSR count). The van der Waals surface area contributed by atoms with Gasteiger partial charge in [0.05, 0.1) is 11.4 Å². The molecule has 1 aliphatic rings. The topological polar surface area (TPSA) is 37.8 Å². The lowest BCUT2D eigenvalue weighted by Crippen LogP contribution is -2.25. The summed E-state index contributed by atoms with van der Waals surface area (Å²) in [5, 5.41) is 3.34. The molecule has 0 atom stereocenters. The van der Waals surface area contributed by atoms with E-state index < -0.39 is 0 Å². The van der Waals surface area contributed by atoms with E-state index in [-0.39, 0.29) is 0 Å². The van der Waals surface area contributed by atoms with Crippen LogP contribution in [0.5, 0.6) is 0 Å². The molecule has 1 aromatic heterocycles. The van der Waals surface area contributed by atoms with Crippen molar-refractivity contribution in [1.29, 1.82) is 0 Å². The van der Waals surface area contributed by atoms with Crippen LogP contribution in [0.25, 0.3) is 11.3 Å². The van der Waals surface area contributed by atoms with Gasteiger partial charge in [-0.05, 0) is 26.0 Å². The summed E-state index contributed by atoms with van der Waals surface area (Å²) in [6, 6.07) is 8.50. The van der Waals surface area contributed by atoms with Gasteiger partial charge in [0, 0.05) is 17.7 Å². The van der Waals surface area contributed by atoms with Crippen molar-refractivity contribution >= 4 is 0 Å². The van der Waals surface area contributed by atoms with Crippen molar-refractivity contribution in [3.8, 4) is 11.3 Å². The van der Waals surface area contributed by atoms with Gasteiger partial charge in [0.25, 0.3) is 0 Å². The average Bonchev–Trinajstić information content (AvgIpc) is 2.38. The first kappa shape index (κ1) is 10.4. The van der Waals surface area contributed by atoms with E-state index in [1.165, 1.54) is 16.7 Å². The zero-order chi connectivity index (χ0) is 11.7. The minimum atomic E-state index is 0.858. The summed E-state index contributed by atoms with van der Waals surface area (Å²) in [6.07, 6.45) is 2.68. The molecule has 0 fully saturated rings. The lowest BCUT2D eigenvalue weighted by atomic mass is 9.98. The quantitative estimate of drug-likeness (QED) is 0.807. The second-order valence-corrected chi connectivity index (χ2v) is 4.44. The molecule has 0 radical (unpaired) electrons. The number of benzene rings is 1. The summed E-state index contributed by atoms with van der Waals surface area (Å²) in [5.41, 5.74) is 6.01. The molecule has 2 aromatic rings. The number of hydrogen-bond acceptors (Lipinski definition) is 3. The highest BCUT2D eigenvalue weighted by molar-refractivity contribution is 5.64. The number of aryl methyl sites for hydroxylation is 1. The van der Waals surface area contributed by atoms with E-state index in [9.17, 15) is 0 Å². The zero-order valence-corrected chi connectivity index (χ0v) is 9.90. The minimum Gasteiger partial charge on any atom is -0.311 e. The third-order valence-corrected chi connectivity index (χ3v) is 3.17. The number of fused-ring (bicyclic) bond motifs is 1. The first-order valence-corrected chi connectivity index (χ1v) is 5.95. The predicted octanol–water partition coefficient (Wildman–Crippen LogP) is 2.10. The molecule has 0 unspecified atom stereocenters. The second-order valence-electron chi connectivity index (χ2n) is 4.44. The molecule has 0 saturated carbocycles. The third-order valence-electron chi connectivity index (χ3n) is 3.17. The Bertz CT molecular complexity index is 549. The van der Waals surface area contributed by atoms with E-state index >= 15 is 0 Å². The zero-order valence-electron chi connectivity index (χ0n) is 9.90. The Kier molecular flexibility index (Phi) is 2.61. The van der Waals surface area contributed by atoms with Gasteiger partial charge in [0.2, 0.25) is 0 Å². The fourth-order valence-electron chi connectivity index (χ4n) is 2.33. The molecule has 3 heteroatoms. The molecule has 86 valence electrons. The van der Waals surface area contributed by atoms with Crippen LogP contribution in [0.15, 0.2) is 30.6 Å². The fourth-order valence-corrected chi connectivity index (χ4v) is 2.33. The molecule has 0 bridgehead atoms. The normalized spacial score (nSPS) is 14.4. The molecular formula is C14H15N3. The number of rotatable bonds is 1. The Labute approximate surface area is 101 Å². The lowest BCUT2D eigenvalue weighted by Gasteiger charge is -2.18. The Balaban J connectivity index is 2.14. The molecular weight excluding hydrogens is 210 g/mol. The number of nitrogens with zero attached hydrogens (tertiary/aromatic N) is 2. The average molecular weight is 225 g/mol. The first-order chi connectivity index (χ1) is 8.34. The van der Waals surface area contributed by atoms with Gasteiger partial charge < -0.3 is 5.32 Å². The summed E-state index contributed by atoms with van der Waals surface area (Å²) < 4.78 is 0. The van der Waals surface area contributed by atoms with Gasteiger partial charge in [0.15, 0.2) is 0 Å². The highest BCUT2D eigenvalue weighted by atomic mass is 14.9. The Morgan fingerprint density at radius 3 is 3.06 bits per heavy atom. The van der Waals surface area contributed by atoms with Gasteiger partial charge in [-0.25, -0.2) is 9.97 Å². The highest BCUT2D eigenvalue weighted by Crippen LogP contribution is 2.25. The number of hydrogen-bond donors (Lipinski definition) is 1. The summed E-state index contributed by atoms with van der Waals surface area (Å²) in [6.45, 7) is 3.98. The summed E-state index contributed by atoms with van der Waals surface area (Å²) in [5.74, 6) is 0. The molecule has 2 heterocycles. The molecule has 0 spiro atoms. The number of aromatic nitrogens is 2. The Hall–Kier alpha value is -1.74. The fraction of sp³-hybridized carbons (Fsp3) is 0.286. The molecule has 0 saturated heterocycles. The van der Waals surface area contributed by atoms with Crippen molar-refractivity contribution in [2.75, 3.05) is 6.54 Å². The maximum absolute atomic E-state index is 4.46. The number of nitrogens with one attached hydrogen (secondary N) is 1. The van der Waals surface area contributed by atoms with E-state index in [2.05, 4.69) is 46.5 Å². The van der Waals surface area contributed by atoms with Gasteiger partial charge in [-0.3, -0.25) is 0 Å². The largest absolute Gasteiger partial charge is 0.311 e. The van der Waals surface area contributed by atoms with Crippen LogP contribution < -0.4 is 5.32 Å². The maximum Gasteiger partial charge on any atom is 0.116 e. The molecule has 0 amide bonds. The molecule has 17 heavy (non-hydrogen) atoms. The van der Waals surface area contributed by atoms with E-state index in [4.69, 9.17) is 0 Å². The van der Waals surface area contributed by atoms with Crippen molar-refractivity contribution in [1.82, 2.24) is 15.3 Å². The SMILES string of the molecule is Cc1cccc(-c2ncnc3c2CCNC3)c1. The molecule has 1 aliphatic heterocycles. The van der Waals surface area contributed by atoms with Crippen molar-refractivity contribution < 1.29 is 0 Å². The van der Waals surface area contributed by atoms with Crippen molar-refractivity contribution in [3.63, 3.8) is 0 Å². The Morgan fingerprint density at radius 1 is 1.24 bits per heavy atom.